The first-order valence-electron chi connectivity index (χ1n) is 11.0. The number of aromatic nitrogens is 2. The predicted octanol–water partition coefficient (Wildman–Crippen LogP) is 4.07. The van der Waals surface area contributed by atoms with E-state index < -0.39 is 0 Å². The Bertz CT molecular complexity index is 878. The van der Waals surface area contributed by atoms with Crippen molar-refractivity contribution in [1.29, 1.82) is 0 Å². The van der Waals surface area contributed by atoms with Crippen molar-refractivity contribution < 1.29 is 9.53 Å². The second-order valence-electron chi connectivity index (χ2n) is 8.38. The molecule has 0 radical (unpaired) electrons. The molecule has 2 atom stereocenters. The number of anilines is 2. The zero-order valence-electron chi connectivity index (χ0n) is 17.8. The summed E-state index contributed by atoms with van der Waals surface area (Å²) in [6.07, 6.45) is 10.1. The molecule has 1 aliphatic carbocycles. The lowest BCUT2D eigenvalue weighted by Crippen LogP contribution is -2.38. The fraction of sp³-hybridized carbons (Fsp3) is 0.522. The van der Waals surface area contributed by atoms with E-state index in [-0.39, 0.29) is 12.1 Å². The smallest absolute Gasteiger partial charge is 0.324 e. The number of amides is 2. The maximum absolute atomic E-state index is 12.6. The lowest BCUT2D eigenvalue weighted by Gasteiger charge is -2.30. The number of hydrogen-bond donors (Lipinski definition) is 3. The number of ether oxygens (including phenoxy) is 1. The van der Waals surface area contributed by atoms with Crippen LogP contribution < -0.4 is 20.7 Å². The summed E-state index contributed by atoms with van der Waals surface area (Å²) in [6.45, 7) is 6.04. The summed E-state index contributed by atoms with van der Waals surface area (Å²) in [5.74, 6) is 1.64. The van der Waals surface area contributed by atoms with Gasteiger partial charge in [0.05, 0.1) is 23.8 Å². The molecule has 1 aliphatic heterocycles. The average molecular weight is 410 g/mol. The number of piperidine rings is 1. The Hall–Kier alpha value is -2.67. The molecule has 1 aromatic carbocycles. The van der Waals surface area contributed by atoms with Gasteiger partial charge in [0.1, 0.15) is 11.9 Å². The van der Waals surface area contributed by atoms with E-state index in [1.54, 1.807) is 12.4 Å². The van der Waals surface area contributed by atoms with Gasteiger partial charge in [-0.2, -0.15) is 0 Å². The summed E-state index contributed by atoms with van der Waals surface area (Å²) in [7, 11) is 0. The molecule has 0 saturated carbocycles. The third kappa shape index (κ3) is 5.08. The van der Waals surface area contributed by atoms with Crippen molar-refractivity contribution in [2.75, 3.05) is 23.7 Å². The molecule has 7 nitrogen and oxygen atoms in total. The van der Waals surface area contributed by atoms with Gasteiger partial charge in [-0.05, 0) is 82.2 Å². The predicted molar refractivity (Wildman–Crippen MR) is 118 cm³/mol. The number of carbonyl (C=O) groups excluding carboxylic acids is 1. The van der Waals surface area contributed by atoms with Crippen LogP contribution in [0.1, 0.15) is 49.4 Å². The van der Waals surface area contributed by atoms with E-state index in [0.29, 0.717) is 17.4 Å². The molecule has 7 heteroatoms. The van der Waals surface area contributed by atoms with Crippen LogP contribution >= 0.6 is 0 Å². The molecule has 0 spiro atoms. The Morgan fingerprint density at radius 2 is 1.93 bits per heavy atom. The normalized spacial score (nSPS) is 19.5. The number of nitrogens with one attached hydrogen (secondary N) is 3. The number of aryl methyl sites for hydroxylation is 3. The minimum Gasteiger partial charge on any atom is -0.488 e. The highest BCUT2D eigenvalue weighted by molar-refractivity contribution is 6.00. The van der Waals surface area contributed by atoms with Gasteiger partial charge in [0, 0.05) is 12.5 Å². The van der Waals surface area contributed by atoms with E-state index in [1.165, 1.54) is 30.4 Å². The van der Waals surface area contributed by atoms with Gasteiger partial charge in [0.2, 0.25) is 0 Å². The van der Waals surface area contributed by atoms with E-state index in [9.17, 15) is 4.79 Å². The van der Waals surface area contributed by atoms with Crippen molar-refractivity contribution in [2.24, 2.45) is 5.92 Å². The highest BCUT2D eigenvalue weighted by atomic mass is 16.5. The molecule has 2 aliphatic rings. The van der Waals surface area contributed by atoms with Gasteiger partial charge in [-0.25, -0.2) is 9.78 Å². The second kappa shape index (κ2) is 9.43. The van der Waals surface area contributed by atoms with E-state index >= 15 is 0 Å². The molecule has 1 saturated heterocycles. The van der Waals surface area contributed by atoms with Crippen LogP contribution in [0.2, 0.25) is 0 Å². The molecule has 3 N–H and O–H groups in total. The number of benzene rings is 1. The quantitative estimate of drug-likeness (QED) is 0.693. The Labute approximate surface area is 178 Å². The molecule has 2 aromatic rings. The van der Waals surface area contributed by atoms with Crippen LogP contribution in [0.3, 0.4) is 0 Å². The molecule has 4 rings (SSSR count). The summed E-state index contributed by atoms with van der Waals surface area (Å²) in [5.41, 5.74) is 4.15. The van der Waals surface area contributed by atoms with Gasteiger partial charge in [-0.15, -0.1) is 0 Å². The molecule has 2 amide bonds. The van der Waals surface area contributed by atoms with Crippen molar-refractivity contribution in [3.05, 3.63) is 41.3 Å². The average Bonchev–Trinajstić information content (AvgIpc) is 2.76. The molecular formula is C23H31N5O2. The van der Waals surface area contributed by atoms with Crippen molar-refractivity contribution in [3.63, 3.8) is 0 Å². The fourth-order valence-electron chi connectivity index (χ4n) is 4.26. The standard InChI is InChI=1S/C23H31N5O2/c1-15-12-26-22(14-25-15)28-23(29)27-20-10-17-6-3-4-7-18(17)11-21(20)30-16(2)19-8-5-9-24-13-19/h10-12,14,16,19,24H,3-9,13H2,1-2H3,(H2,26,27,28,29). The molecular weight excluding hydrogens is 378 g/mol. The monoisotopic (exact) mass is 409 g/mol. The van der Waals surface area contributed by atoms with Gasteiger partial charge in [-0.3, -0.25) is 10.3 Å². The van der Waals surface area contributed by atoms with Crippen molar-refractivity contribution >= 4 is 17.5 Å². The Morgan fingerprint density at radius 3 is 2.63 bits per heavy atom. The zero-order valence-corrected chi connectivity index (χ0v) is 17.8. The van der Waals surface area contributed by atoms with Crippen LogP contribution in [0.25, 0.3) is 0 Å². The third-order valence-electron chi connectivity index (χ3n) is 6.03. The Balaban J connectivity index is 1.52. The number of nitrogens with zero attached hydrogens (tertiary/aromatic N) is 2. The van der Waals surface area contributed by atoms with Crippen LogP contribution in [0, 0.1) is 12.8 Å². The van der Waals surface area contributed by atoms with Gasteiger partial charge < -0.3 is 15.4 Å². The maximum atomic E-state index is 12.6. The second-order valence-corrected chi connectivity index (χ2v) is 8.38. The van der Waals surface area contributed by atoms with E-state index in [4.69, 9.17) is 4.74 Å². The van der Waals surface area contributed by atoms with Crippen molar-refractivity contribution in [2.45, 2.75) is 58.5 Å². The molecule has 30 heavy (non-hydrogen) atoms. The van der Waals surface area contributed by atoms with Gasteiger partial charge in [0.25, 0.3) is 0 Å². The van der Waals surface area contributed by atoms with Crippen molar-refractivity contribution in [1.82, 2.24) is 15.3 Å². The van der Waals surface area contributed by atoms with Crippen molar-refractivity contribution in [3.8, 4) is 5.75 Å². The first-order valence-corrected chi connectivity index (χ1v) is 11.0. The summed E-state index contributed by atoms with van der Waals surface area (Å²) in [5, 5.41) is 9.18. The minimum atomic E-state index is -0.347. The Kier molecular flexibility index (Phi) is 6.47. The summed E-state index contributed by atoms with van der Waals surface area (Å²) < 4.78 is 6.41. The fourth-order valence-corrected chi connectivity index (χ4v) is 4.26. The number of rotatable bonds is 5. The summed E-state index contributed by atoms with van der Waals surface area (Å²) in [4.78, 5) is 21.0. The number of carbonyl (C=O) groups is 1. The first-order chi connectivity index (χ1) is 14.6. The largest absolute Gasteiger partial charge is 0.488 e. The van der Waals surface area contributed by atoms with Gasteiger partial charge >= 0.3 is 6.03 Å². The topological polar surface area (TPSA) is 88.2 Å². The maximum Gasteiger partial charge on any atom is 0.324 e. The molecule has 0 bridgehead atoms. The van der Waals surface area contributed by atoms with Gasteiger partial charge in [0.15, 0.2) is 5.82 Å². The first kappa shape index (κ1) is 20.6. The van der Waals surface area contributed by atoms with Crippen LogP contribution in [-0.2, 0) is 12.8 Å². The third-order valence-corrected chi connectivity index (χ3v) is 6.03. The summed E-state index contributed by atoms with van der Waals surface area (Å²) in [6, 6.07) is 3.86. The molecule has 1 fully saturated rings. The lowest BCUT2D eigenvalue weighted by molar-refractivity contribution is 0.132. The van der Waals surface area contributed by atoms with E-state index in [0.717, 1.165) is 43.8 Å². The van der Waals surface area contributed by atoms with Crippen LogP contribution in [0.15, 0.2) is 24.5 Å². The van der Waals surface area contributed by atoms with E-state index in [1.807, 2.05) is 6.92 Å². The molecule has 2 unspecified atom stereocenters. The zero-order chi connectivity index (χ0) is 20.9. The van der Waals surface area contributed by atoms with E-state index in [2.05, 4.69) is 45.0 Å². The van der Waals surface area contributed by atoms with Crippen LogP contribution in [0.5, 0.6) is 5.75 Å². The Morgan fingerprint density at radius 1 is 1.13 bits per heavy atom. The lowest BCUT2D eigenvalue weighted by atomic mass is 9.90. The SMILES string of the molecule is Cc1cnc(NC(=O)Nc2cc3c(cc2OC(C)C2CCCNC2)CCCC3)cn1. The molecule has 160 valence electrons. The highest BCUT2D eigenvalue weighted by Crippen LogP contribution is 2.34. The van der Waals surface area contributed by atoms with Gasteiger partial charge in [-0.1, -0.05) is 0 Å². The molecule has 2 heterocycles. The minimum absolute atomic E-state index is 0.0750. The number of urea groups is 1. The number of hydrogen-bond acceptors (Lipinski definition) is 5. The van der Waals surface area contributed by atoms with Crippen LogP contribution in [0.4, 0.5) is 16.3 Å². The molecule has 1 aromatic heterocycles. The van der Waals surface area contributed by atoms with Crippen LogP contribution in [-0.4, -0.2) is 35.2 Å². The highest BCUT2D eigenvalue weighted by Gasteiger charge is 2.24. The summed E-state index contributed by atoms with van der Waals surface area (Å²) >= 11 is 0. The number of fused-ring (bicyclic) bond motifs is 1.